The highest BCUT2D eigenvalue weighted by Gasteiger charge is 2.21. The molecule has 8 heteroatoms. The third-order valence-electron chi connectivity index (χ3n) is 5.16. The monoisotopic (exact) mass is 450 g/mol. The van der Waals surface area contributed by atoms with Crippen LogP contribution in [0, 0.1) is 13.8 Å². The molecule has 2 aromatic rings. The van der Waals surface area contributed by atoms with Gasteiger partial charge in [-0.1, -0.05) is 30.9 Å². The summed E-state index contributed by atoms with van der Waals surface area (Å²) in [5.74, 6) is 0.232. The molecule has 0 spiro atoms. The van der Waals surface area contributed by atoms with E-state index in [-0.39, 0.29) is 23.5 Å². The second-order valence-corrected chi connectivity index (χ2v) is 9.78. The predicted octanol–water partition coefficient (Wildman–Crippen LogP) is 4.59. The Labute approximate surface area is 183 Å². The van der Waals surface area contributed by atoms with Crippen LogP contribution < -0.4 is 14.8 Å². The van der Waals surface area contributed by atoms with E-state index in [1.165, 1.54) is 12.1 Å². The number of amides is 1. The van der Waals surface area contributed by atoms with Gasteiger partial charge in [0.15, 0.2) is 6.61 Å². The molecule has 0 saturated heterocycles. The smallest absolute Gasteiger partial charge is 0.262 e. The van der Waals surface area contributed by atoms with Crippen molar-refractivity contribution in [2.75, 3.05) is 11.9 Å². The normalized spacial score (nSPS) is 15.0. The molecule has 30 heavy (non-hydrogen) atoms. The first-order valence-corrected chi connectivity index (χ1v) is 11.9. The molecule has 1 saturated carbocycles. The van der Waals surface area contributed by atoms with Crippen molar-refractivity contribution in [2.24, 2.45) is 0 Å². The van der Waals surface area contributed by atoms with Crippen molar-refractivity contribution in [1.29, 1.82) is 0 Å². The van der Waals surface area contributed by atoms with Crippen LogP contribution >= 0.6 is 11.6 Å². The number of anilines is 1. The summed E-state index contributed by atoms with van der Waals surface area (Å²) in [6, 6.07) is 9.69. The Hall–Kier alpha value is -2.09. The van der Waals surface area contributed by atoms with Crippen molar-refractivity contribution in [2.45, 2.75) is 56.9 Å². The van der Waals surface area contributed by atoms with Gasteiger partial charge >= 0.3 is 0 Å². The third-order valence-corrected chi connectivity index (χ3v) is 7.29. The molecule has 1 amide bonds. The minimum atomic E-state index is -3.56. The number of rotatable bonds is 7. The fourth-order valence-corrected chi connectivity index (χ4v) is 4.97. The van der Waals surface area contributed by atoms with Crippen LogP contribution in [-0.2, 0) is 14.8 Å². The van der Waals surface area contributed by atoms with E-state index in [2.05, 4.69) is 10.0 Å². The number of halogens is 1. The Kier molecular flexibility index (Phi) is 7.39. The molecule has 162 valence electrons. The van der Waals surface area contributed by atoms with E-state index in [4.69, 9.17) is 16.3 Å². The molecule has 2 aromatic carbocycles. The van der Waals surface area contributed by atoms with Crippen LogP contribution in [0.5, 0.6) is 5.75 Å². The minimum Gasteiger partial charge on any atom is -0.484 e. The van der Waals surface area contributed by atoms with Gasteiger partial charge in [0, 0.05) is 16.8 Å². The first-order chi connectivity index (χ1) is 14.2. The summed E-state index contributed by atoms with van der Waals surface area (Å²) in [6.45, 7) is 3.59. The second-order valence-electron chi connectivity index (χ2n) is 7.69. The van der Waals surface area contributed by atoms with Crippen LogP contribution in [-0.4, -0.2) is 27.0 Å². The Morgan fingerprint density at radius 1 is 1.07 bits per heavy atom. The number of hydrogen-bond acceptors (Lipinski definition) is 4. The van der Waals surface area contributed by atoms with Gasteiger partial charge in [0.1, 0.15) is 5.75 Å². The van der Waals surface area contributed by atoms with E-state index >= 15 is 0 Å². The SMILES string of the molecule is Cc1cc(OCC(=O)Nc2ccc(S(=O)(=O)NC3CCCCC3)cc2)cc(C)c1Cl. The highest BCUT2D eigenvalue weighted by Crippen LogP contribution is 2.26. The molecule has 2 N–H and O–H groups in total. The standard InChI is InChI=1S/C22H27ClN2O4S/c1-15-12-19(13-16(2)22(15)23)29-14-21(26)24-17-8-10-20(11-9-17)30(27,28)25-18-6-4-3-5-7-18/h8-13,18,25H,3-7,14H2,1-2H3,(H,24,26). The zero-order valence-corrected chi connectivity index (χ0v) is 18.8. The van der Waals surface area contributed by atoms with Gasteiger partial charge < -0.3 is 10.1 Å². The van der Waals surface area contributed by atoms with Gasteiger partial charge in [0.05, 0.1) is 4.90 Å². The Balaban J connectivity index is 1.55. The molecular weight excluding hydrogens is 424 g/mol. The maximum atomic E-state index is 12.5. The predicted molar refractivity (Wildman–Crippen MR) is 119 cm³/mol. The summed E-state index contributed by atoms with van der Waals surface area (Å²) in [5, 5.41) is 3.39. The average Bonchev–Trinajstić information content (AvgIpc) is 2.71. The molecule has 0 aromatic heterocycles. The van der Waals surface area contributed by atoms with Crippen molar-refractivity contribution < 1.29 is 17.9 Å². The quantitative estimate of drug-likeness (QED) is 0.646. The van der Waals surface area contributed by atoms with Crippen molar-refractivity contribution in [1.82, 2.24) is 4.72 Å². The first-order valence-electron chi connectivity index (χ1n) is 10.1. The van der Waals surface area contributed by atoms with E-state index in [9.17, 15) is 13.2 Å². The van der Waals surface area contributed by atoms with E-state index in [0.29, 0.717) is 16.5 Å². The molecule has 0 aliphatic heterocycles. The molecule has 0 radical (unpaired) electrons. The Bertz CT molecular complexity index is 977. The molecule has 0 atom stereocenters. The summed E-state index contributed by atoms with van der Waals surface area (Å²) < 4.78 is 33.4. The molecule has 0 unspecified atom stereocenters. The lowest BCUT2D eigenvalue weighted by atomic mass is 9.96. The topological polar surface area (TPSA) is 84.5 Å². The summed E-state index contributed by atoms with van der Waals surface area (Å²) in [5.41, 5.74) is 2.26. The first kappa shape index (κ1) is 22.6. The molecule has 0 bridgehead atoms. The molecule has 1 aliphatic rings. The second kappa shape index (κ2) is 9.81. The third kappa shape index (κ3) is 5.97. The van der Waals surface area contributed by atoms with Crippen molar-refractivity contribution >= 4 is 33.2 Å². The molecular formula is C22H27ClN2O4S. The zero-order valence-electron chi connectivity index (χ0n) is 17.2. The van der Waals surface area contributed by atoms with Crippen LogP contribution in [0.3, 0.4) is 0 Å². The summed E-state index contributed by atoms with van der Waals surface area (Å²) in [6.07, 6.45) is 5.01. The zero-order chi connectivity index (χ0) is 21.7. The number of carbonyl (C=O) groups excluding carboxylic acids is 1. The van der Waals surface area contributed by atoms with Crippen molar-refractivity contribution in [3.05, 3.63) is 52.5 Å². The highest BCUT2D eigenvalue weighted by molar-refractivity contribution is 7.89. The van der Waals surface area contributed by atoms with Gasteiger partial charge in [-0.2, -0.15) is 0 Å². The van der Waals surface area contributed by atoms with Crippen LogP contribution in [0.1, 0.15) is 43.2 Å². The summed E-state index contributed by atoms with van der Waals surface area (Å²) in [7, 11) is -3.56. The largest absolute Gasteiger partial charge is 0.484 e. The van der Waals surface area contributed by atoms with Gasteiger partial charge in [-0.25, -0.2) is 13.1 Å². The Morgan fingerprint density at radius 2 is 1.67 bits per heavy atom. The fourth-order valence-electron chi connectivity index (χ4n) is 3.56. The summed E-state index contributed by atoms with van der Waals surface area (Å²) in [4.78, 5) is 12.4. The number of nitrogens with one attached hydrogen (secondary N) is 2. The molecule has 3 rings (SSSR count). The van der Waals surface area contributed by atoms with Crippen molar-refractivity contribution in [3.8, 4) is 5.75 Å². The van der Waals surface area contributed by atoms with E-state index in [1.54, 1.807) is 24.3 Å². The van der Waals surface area contributed by atoms with Crippen molar-refractivity contribution in [3.63, 3.8) is 0 Å². The van der Waals surface area contributed by atoms with Gasteiger partial charge in [0.2, 0.25) is 10.0 Å². The number of aryl methyl sites for hydroxylation is 2. The van der Waals surface area contributed by atoms with E-state index in [0.717, 1.165) is 43.2 Å². The molecule has 0 heterocycles. The van der Waals surface area contributed by atoms with Gasteiger partial charge in [0.25, 0.3) is 5.91 Å². The maximum absolute atomic E-state index is 12.5. The van der Waals surface area contributed by atoms with E-state index < -0.39 is 10.0 Å². The van der Waals surface area contributed by atoms with Gasteiger partial charge in [-0.15, -0.1) is 0 Å². The lowest BCUT2D eigenvalue weighted by molar-refractivity contribution is -0.118. The number of hydrogen-bond donors (Lipinski definition) is 2. The molecule has 1 fully saturated rings. The van der Waals surface area contributed by atoms with Crippen LogP contribution in [0.4, 0.5) is 5.69 Å². The fraction of sp³-hybridized carbons (Fsp3) is 0.409. The number of benzene rings is 2. The van der Waals surface area contributed by atoms with Crippen LogP contribution in [0.25, 0.3) is 0 Å². The molecule has 6 nitrogen and oxygen atoms in total. The number of ether oxygens (including phenoxy) is 1. The average molecular weight is 451 g/mol. The number of sulfonamides is 1. The minimum absolute atomic E-state index is 0.000388. The van der Waals surface area contributed by atoms with Gasteiger partial charge in [-0.05, 0) is 74.2 Å². The van der Waals surface area contributed by atoms with Crippen LogP contribution in [0.15, 0.2) is 41.3 Å². The summed E-state index contributed by atoms with van der Waals surface area (Å²) >= 11 is 6.14. The van der Waals surface area contributed by atoms with E-state index in [1.807, 2.05) is 13.8 Å². The number of carbonyl (C=O) groups is 1. The molecule has 1 aliphatic carbocycles. The lowest BCUT2D eigenvalue weighted by Gasteiger charge is -2.22. The highest BCUT2D eigenvalue weighted by atomic mass is 35.5. The maximum Gasteiger partial charge on any atom is 0.262 e. The van der Waals surface area contributed by atoms with Gasteiger partial charge in [-0.3, -0.25) is 4.79 Å². The lowest BCUT2D eigenvalue weighted by Crippen LogP contribution is -2.36. The van der Waals surface area contributed by atoms with Crippen LogP contribution in [0.2, 0.25) is 5.02 Å². The Morgan fingerprint density at radius 3 is 2.27 bits per heavy atom.